The maximum Gasteiger partial charge on any atom is 0.332 e. The zero-order chi connectivity index (χ0) is 9.56. The minimum absolute atomic E-state index is 0.268. The minimum atomic E-state index is -1.10. The van der Waals surface area contributed by atoms with Crippen molar-refractivity contribution in [3.63, 3.8) is 0 Å². The van der Waals surface area contributed by atoms with Gasteiger partial charge in [0, 0.05) is 0 Å². The summed E-state index contributed by atoms with van der Waals surface area (Å²) in [6, 6.07) is 0. The lowest BCUT2D eigenvalue weighted by atomic mass is 10.4. The third-order valence-electron chi connectivity index (χ3n) is 1.10. The maximum absolute atomic E-state index is 10.6. The normalized spacial score (nSPS) is 12.2. The molecular formula is C7H12O5. The molecule has 0 saturated heterocycles. The molecule has 0 unspecified atom stereocenters. The topological polar surface area (TPSA) is 72.8 Å². The van der Waals surface area contributed by atoms with Crippen molar-refractivity contribution in [3.05, 3.63) is 0 Å². The van der Waals surface area contributed by atoms with Gasteiger partial charge in [-0.1, -0.05) is 0 Å². The van der Waals surface area contributed by atoms with E-state index in [0.717, 1.165) is 0 Å². The quantitative estimate of drug-likeness (QED) is 0.598. The second-order valence-electron chi connectivity index (χ2n) is 2.10. The Morgan fingerprint density at radius 3 is 2.50 bits per heavy atom. The molecule has 0 aromatic heterocycles. The van der Waals surface area contributed by atoms with Crippen molar-refractivity contribution in [2.24, 2.45) is 0 Å². The molecule has 70 valence electrons. The molecule has 0 saturated carbocycles. The molecule has 0 aromatic rings. The number of rotatable bonds is 5. The fourth-order valence-corrected chi connectivity index (χ4v) is 0.467. The molecule has 0 rings (SSSR count). The van der Waals surface area contributed by atoms with Crippen molar-refractivity contribution in [2.75, 3.05) is 13.2 Å². The molecule has 0 bridgehead atoms. The van der Waals surface area contributed by atoms with Crippen LogP contribution < -0.4 is 0 Å². The number of ether oxygens (including phenoxy) is 2. The Balaban J connectivity index is 3.54. The van der Waals surface area contributed by atoms with Gasteiger partial charge in [-0.15, -0.1) is 0 Å². The second kappa shape index (κ2) is 5.54. The van der Waals surface area contributed by atoms with Gasteiger partial charge in [0.25, 0.3) is 0 Å². The van der Waals surface area contributed by atoms with Gasteiger partial charge in [0.15, 0.2) is 6.10 Å². The van der Waals surface area contributed by atoms with Crippen molar-refractivity contribution in [2.45, 2.75) is 20.0 Å². The van der Waals surface area contributed by atoms with E-state index < -0.39 is 18.0 Å². The number of carbonyl (C=O) groups is 2. The van der Waals surface area contributed by atoms with E-state index in [-0.39, 0.29) is 13.2 Å². The van der Waals surface area contributed by atoms with Crippen molar-refractivity contribution in [3.8, 4) is 0 Å². The summed E-state index contributed by atoms with van der Waals surface area (Å²) >= 11 is 0. The molecule has 5 heteroatoms. The fourth-order valence-electron chi connectivity index (χ4n) is 0.467. The first-order valence-electron chi connectivity index (χ1n) is 3.58. The highest BCUT2D eigenvalue weighted by Gasteiger charge is 2.13. The number of aliphatic carboxylic acids is 1. The predicted molar refractivity (Wildman–Crippen MR) is 39.7 cm³/mol. The number of carboxylic acids is 1. The van der Waals surface area contributed by atoms with Crippen LogP contribution in [-0.4, -0.2) is 36.4 Å². The number of hydrogen-bond donors (Lipinski definition) is 1. The first kappa shape index (κ1) is 10.9. The molecule has 1 atom stereocenters. The van der Waals surface area contributed by atoms with Gasteiger partial charge in [-0.2, -0.15) is 0 Å². The number of carbonyl (C=O) groups excluding carboxylic acids is 1. The Morgan fingerprint density at radius 1 is 1.50 bits per heavy atom. The van der Waals surface area contributed by atoms with E-state index in [1.807, 2.05) is 0 Å². The van der Waals surface area contributed by atoms with Crippen LogP contribution in [0.4, 0.5) is 0 Å². The van der Waals surface area contributed by atoms with Crippen LogP contribution in [0.2, 0.25) is 0 Å². The number of esters is 1. The summed E-state index contributed by atoms with van der Waals surface area (Å²) in [4.78, 5) is 20.8. The standard InChI is InChI=1S/C7H12O5/c1-3-11-6(8)4-12-5(2)7(9)10/h5H,3-4H2,1-2H3,(H,9,10)/t5-/m0/s1. The Kier molecular flexibility index (Phi) is 5.03. The fraction of sp³-hybridized carbons (Fsp3) is 0.714. The number of carboxylic acid groups (broad SMARTS) is 1. The Bertz CT molecular complexity index is 165. The molecule has 0 aromatic carbocycles. The van der Waals surface area contributed by atoms with E-state index in [4.69, 9.17) is 5.11 Å². The second-order valence-corrected chi connectivity index (χ2v) is 2.10. The first-order valence-corrected chi connectivity index (χ1v) is 3.58. The Hall–Kier alpha value is -1.10. The van der Waals surface area contributed by atoms with Gasteiger partial charge in [0.1, 0.15) is 6.61 Å². The van der Waals surface area contributed by atoms with Crippen LogP contribution in [0.25, 0.3) is 0 Å². The molecule has 0 heterocycles. The highest BCUT2D eigenvalue weighted by Crippen LogP contribution is 1.91. The zero-order valence-corrected chi connectivity index (χ0v) is 7.07. The van der Waals surface area contributed by atoms with Crippen LogP contribution >= 0.6 is 0 Å². The van der Waals surface area contributed by atoms with Crippen LogP contribution in [-0.2, 0) is 19.1 Å². The molecule has 0 amide bonds. The Labute approximate surface area is 70.3 Å². The van der Waals surface area contributed by atoms with E-state index in [1.54, 1.807) is 6.92 Å². The summed E-state index contributed by atoms with van der Waals surface area (Å²) in [6.07, 6.45) is -0.977. The summed E-state index contributed by atoms with van der Waals surface area (Å²) in [7, 11) is 0. The van der Waals surface area contributed by atoms with Gasteiger partial charge in [0.05, 0.1) is 6.61 Å². The summed E-state index contributed by atoms with van der Waals surface area (Å²) in [5, 5.41) is 8.35. The van der Waals surface area contributed by atoms with Crippen LogP contribution in [0.15, 0.2) is 0 Å². The average Bonchev–Trinajstić information content (AvgIpc) is 2.00. The molecule has 12 heavy (non-hydrogen) atoms. The smallest absolute Gasteiger partial charge is 0.332 e. The molecule has 1 N–H and O–H groups in total. The molecular weight excluding hydrogens is 164 g/mol. The van der Waals surface area contributed by atoms with Crippen molar-refractivity contribution < 1.29 is 24.2 Å². The number of hydrogen-bond acceptors (Lipinski definition) is 4. The minimum Gasteiger partial charge on any atom is -0.479 e. The van der Waals surface area contributed by atoms with Crippen LogP contribution in [0.3, 0.4) is 0 Å². The molecule has 0 aliphatic heterocycles. The van der Waals surface area contributed by atoms with Crippen LogP contribution in [0.1, 0.15) is 13.8 Å². The van der Waals surface area contributed by atoms with Gasteiger partial charge in [-0.3, -0.25) is 0 Å². The summed E-state index contributed by atoms with van der Waals surface area (Å²) in [6.45, 7) is 2.96. The van der Waals surface area contributed by atoms with Gasteiger partial charge in [-0.05, 0) is 13.8 Å². The molecule has 0 aliphatic carbocycles. The van der Waals surface area contributed by atoms with Crippen LogP contribution in [0, 0.1) is 0 Å². The lowest BCUT2D eigenvalue weighted by Crippen LogP contribution is -2.24. The van der Waals surface area contributed by atoms with Gasteiger partial charge in [0.2, 0.25) is 0 Å². The third kappa shape index (κ3) is 4.68. The molecule has 5 nitrogen and oxygen atoms in total. The molecule has 0 radical (unpaired) electrons. The van der Waals surface area contributed by atoms with Gasteiger partial charge in [-0.25, -0.2) is 9.59 Å². The van der Waals surface area contributed by atoms with E-state index >= 15 is 0 Å². The lowest BCUT2D eigenvalue weighted by molar-refractivity contribution is -0.157. The Morgan fingerprint density at radius 2 is 2.08 bits per heavy atom. The summed E-state index contributed by atoms with van der Waals surface area (Å²) < 4.78 is 9.16. The van der Waals surface area contributed by atoms with Crippen molar-refractivity contribution in [1.29, 1.82) is 0 Å². The molecule has 0 fully saturated rings. The lowest BCUT2D eigenvalue weighted by Gasteiger charge is -2.06. The van der Waals surface area contributed by atoms with Crippen molar-refractivity contribution >= 4 is 11.9 Å². The first-order chi connectivity index (χ1) is 5.57. The van der Waals surface area contributed by atoms with E-state index in [9.17, 15) is 9.59 Å². The highest BCUT2D eigenvalue weighted by atomic mass is 16.6. The van der Waals surface area contributed by atoms with E-state index in [1.165, 1.54) is 6.92 Å². The summed E-state index contributed by atoms with van der Waals surface area (Å²) in [5.41, 5.74) is 0. The van der Waals surface area contributed by atoms with E-state index in [0.29, 0.717) is 0 Å². The molecule has 0 aliphatic rings. The van der Waals surface area contributed by atoms with Crippen LogP contribution in [0.5, 0.6) is 0 Å². The maximum atomic E-state index is 10.6. The largest absolute Gasteiger partial charge is 0.479 e. The SMILES string of the molecule is CCOC(=O)CO[C@@H](C)C(=O)O. The monoisotopic (exact) mass is 176 g/mol. The van der Waals surface area contributed by atoms with Crippen molar-refractivity contribution in [1.82, 2.24) is 0 Å². The molecule has 0 spiro atoms. The predicted octanol–water partition coefficient (Wildman–Crippen LogP) is 0.0392. The average molecular weight is 176 g/mol. The van der Waals surface area contributed by atoms with Gasteiger partial charge < -0.3 is 14.6 Å². The summed E-state index contributed by atoms with van der Waals surface area (Å²) in [5.74, 6) is -1.65. The van der Waals surface area contributed by atoms with E-state index in [2.05, 4.69) is 9.47 Å². The highest BCUT2D eigenvalue weighted by molar-refractivity contribution is 5.73. The zero-order valence-electron chi connectivity index (χ0n) is 7.07. The third-order valence-corrected chi connectivity index (χ3v) is 1.10. The van der Waals surface area contributed by atoms with Gasteiger partial charge >= 0.3 is 11.9 Å².